The Hall–Kier alpha value is -2.10. The molecule has 0 unspecified atom stereocenters. The zero-order chi connectivity index (χ0) is 21.0. The molecule has 1 saturated heterocycles. The topological polar surface area (TPSA) is 84.9 Å². The minimum absolute atomic E-state index is 0.135. The van der Waals surface area contributed by atoms with Crippen LogP contribution in [-0.2, 0) is 14.8 Å². The highest BCUT2D eigenvalue weighted by atomic mass is 79.9. The zero-order valence-electron chi connectivity index (χ0n) is 16.2. The van der Waals surface area contributed by atoms with E-state index in [2.05, 4.69) is 21.2 Å². The number of nitrogens with zero attached hydrogens (tertiary/aromatic N) is 1. The van der Waals surface area contributed by atoms with Crippen LogP contribution < -0.4 is 14.8 Å². The lowest BCUT2D eigenvalue weighted by molar-refractivity contribution is -0.120. The van der Waals surface area contributed by atoms with Crippen LogP contribution in [0.25, 0.3) is 0 Å². The van der Waals surface area contributed by atoms with Gasteiger partial charge in [0.15, 0.2) is 0 Å². The Balaban J connectivity index is 1.75. The monoisotopic (exact) mass is 482 g/mol. The number of rotatable bonds is 6. The standard InChI is InChI=1S/C20H23BrN2O5S/c1-27-16-7-10-19(28-2)18(12-16)22-20(24)14-4-3-11-23(13-14)29(25,26)17-8-5-15(21)6-9-17/h5-10,12,14H,3-4,11,13H2,1-2H3,(H,22,24)/t14-/m1/s1. The first-order valence-corrected chi connectivity index (χ1v) is 11.4. The summed E-state index contributed by atoms with van der Waals surface area (Å²) in [6, 6.07) is 11.6. The lowest BCUT2D eigenvalue weighted by Gasteiger charge is -2.31. The van der Waals surface area contributed by atoms with Gasteiger partial charge in [0.2, 0.25) is 15.9 Å². The molecule has 0 aliphatic carbocycles. The van der Waals surface area contributed by atoms with Crippen molar-refractivity contribution in [1.82, 2.24) is 4.31 Å². The molecular weight excluding hydrogens is 460 g/mol. The highest BCUT2D eigenvalue weighted by molar-refractivity contribution is 9.10. The van der Waals surface area contributed by atoms with E-state index in [0.717, 1.165) is 4.47 Å². The summed E-state index contributed by atoms with van der Waals surface area (Å²) in [6.07, 6.45) is 1.23. The van der Waals surface area contributed by atoms with E-state index < -0.39 is 15.9 Å². The number of carbonyl (C=O) groups excluding carboxylic acids is 1. The summed E-state index contributed by atoms with van der Waals surface area (Å²) in [5.74, 6) is 0.399. The smallest absolute Gasteiger partial charge is 0.243 e. The van der Waals surface area contributed by atoms with Gasteiger partial charge in [-0.2, -0.15) is 4.31 Å². The molecule has 9 heteroatoms. The van der Waals surface area contributed by atoms with Crippen molar-refractivity contribution in [3.8, 4) is 11.5 Å². The van der Waals surface area contributed by atoms with E-state index in [1.807, 2.05) is 0 Å². The molecule has 0 spiro atoms. The molecule has 1 heterocycles. The Morgan fingerprint density at radius 1 is 1.14 bits per heavy atom. The normalized spacial score (nSPS) is 17.6. The van der Waals surface area contributed by atoms with Gasteiger partial charge in [-0.15, -0.1) is 0 Å². The quantitative estimate of drug-likeness (QED) is 0.680. The first kappa shape index (κ1) is 21.6. The van der Waals surface area contributed by atoms with Gasteiger partial charge in [0, 0.05) is 23.6 Å². The average Bonchev–Trinajstić information content (AvgIpc) is 2.74. The van der Waals surface area contributed by atoms with Crippen molar-refractivity contribution in [1.29, 1.82) is 0 Å². The van der Waals surface area contributed by atoms with E-state index in [1.54, 1.807) is 49.6 Å². The number of anilines is 1. The Bertz CT molecular complexity index is 979. The van der Waals surface area contributed by atoms with Crippen LogP contribution in [0.1, 0.15) is 12.8 Å². The molecule has 29 heavy (non-hydrogen) atoms. The van der Waals surface area contributed by atoms with E-state index in [9.17, 15) is 13.2 Å². The molecule has 0 saturated carbocycles. The van der Waals surface area contributed by atoms with Gasteiger partial charge in [-0.1, -0.05) is 15.9 Å². The van der Waals surface area contributed by atoms with E-state index in [0.29, 0.717) is 36.6 Å². The minimum Gasteiger partial charge on any atom is -0.497 e. The Kier molecular flexibility index (Phi) is 6.81. The van der Waals surface area contributed by atoms with Crippen molar-refractivity contribution in [2.75, 3.05) is 32.6 Å². The number of hydrogen-bond donors (Lipinski definition) is 1. The van der Waals surface area contributed by atoms with Crippen LogP contribution in [0, 0.1) is 5.92 Å². The third-order valence-electron chi connectivity index (χ3n) is 4.87. The molecule has 1 atom stereocenters. The molecule has 0 aromatic heterocycles. The molecular formula is C20H23BrN2O5S. The molecule has 1 fully saturated rings. The molecule has 1 aliphatic rings. The molecule has 1 N–H and O–H groups in total. The maximum absolute atomic E-state index is 13.0. The zero-order valence-corrected chi connectivity index (χ0v) is 18.6. The Labute approximate surface area is 179 Å². The molecule has 2 aromatic rings. The van der Waals surface area contributed by atoms with Crippen LogP contribution in [0.3, 0.4) is 0 Å². The lowest BCUT2D eigenvalue weighted by atomic mass is 9.98. The Morgan fingerprint density at radius 3 is 2.52 bits per heavy atom. The number of halogens is 1. The Morgan fingerprint density at radius 2 is 1.86 bits per heavy atom. The average molecular weight is 483 g/mol. The van der Waals surface area contributed by atoms with E-state index in [-0.39, 0.29) is 17.3 Å². The van der Waals surface area contributed by atoms with Gasteiger partial charge in [-0.3, -0.25) is 4.79 Å². The number of hydrogen-bond acceptors (Lipinski definition) is 5. The van der Waals surface area contributed by atoms with Crippen molar-refractivity contribution >= 4 is 37.5 Å². The van der Waals surface area contributed by atoms with Crippen LogP contribution in [0.15, 0.2) is 51.8 Å². The van der Waals surface area contributed by atoms with Crippen LogP contribution in [0.4, 0.5) is 5.69 Å². The van der Waals surface area contributed by atoms with Crippen molar-refractivity contribution in [2.45, 2.75) is 17.7 Å². The summed E-state index contributed by atoms with van der Waals surface area (Å²) in [6.45, 7) is 0.529. The van der Waals surface area contributed by atoms with Gasteiger partial charge in [-0.25, -0.2) is 8.42 Å². The number of methoxy groups -OCH3 is 2. The summed E-state index contributed by atoms with van der Waals surface area (Å²) < 4.78 is 38.6. The lowest BCUT2D eigenvalue weighted by Crippen LogP contribution is -2.43. The summed E-state index contributed by atoms with van der Waals surface area (Å²) in [5.41, 5.74) is 0.491. The van der Waals surface area contributed by atoms with Crippen molar-refractivity contribution < 1.29 is 22.7 Å². The van der Waals surface area contributed by atoms with Crippen LogP contribution in [0.2, 0.25) is 0 Å². The van der Waals surface area contributed by atoms with Crippen LogP contribution in [-0.4, -0.2) is 45.9 Å². The predicted molar refractivity (Wildman–Crippen MR) is 114 cm³/mol. The fourth-order valence-corrected chi connectivity index (χ4v) is 5.07. The fraction of sp³-hybridized carbons (Fsp3) is 0.350. The van der Waals surface area contributed by atoms with Gasteiger partial charge >= 0.3 is 0 Å². The first-order valence-electron chi connectivity index (χ1n) is 9.13. The largest absolute Gasteiger partial charge is 0.497 e. The molecule has 1 aliphatic heterocycles. The van der Waals surface area contributed by atoms with Gasteiger partial charge in [0.25, 0.3) is 0 Å². The summed E-state index contributed by atoms with van der Waals surface area (Å²) in [4.78, 5) is 13.1. The third kappa shape index (κ3) is 4.91. The molecule has 1 amide bonds. The number of sulfonamides is 1. The minimum atomic E-state index is -3.65. The van der Waals surface area contributed by atoms with Crippen molar-refractivity contribution in [3.63, 3.8) is 0 Å². The van der Waals surface area contributed by atoms with Gasteiger partial charge in [-0.05, 0) is 49.2 Å². The molecule has 7 nitrogen and oxygen atoms in total. The fourth-order valence-electron chi connectivity index (χ4n) is 3.28. The van der Waals surface area contributed by atoms with E-state index in [1.165, 1.54) is 11.4 Å². The maximum atomic E-state index is 13.0. The molecule has 0 bridgehead atoms. The summed E-state index contributed by atoms with van der Waals surface area (Å²) >= 11 is 3.31. The van der Waals surface area contributed by atoms with Crippen molar-refractivity contribution in [3.05, 3.63) is 46.9 Å². The predicted octanol–water partition coefficient (Wildman–Crippen LogP) is 3.51. The van der Waals surface area contributed by atoms with Gasteiger partial charge in [0.1, 0.15) is 11.5 Å². The van der Waals surface area contributed by atoms with E-state index in [4.69, 9.17) is 9.47 Å². The third-order valence-corrected chi connectivity index (χ3v) is 7.28. The maximum Gasteiger partial charge on any atom is 0.243 e. The van der Waals surface area contributed by atoms with Crippen LogP contribution in [0.5, 0.6) is 11.5 Å². The van der Waals surface area contributed by atoms with Crippen molar-refractivity contribution in [2.24, 2.45) is 5.92 Å². The molecule has 2 aromatic carbocycles. The number of benzene rings is 2. The van der Waals surface area contributed by atoms with Crippen LogP contribution >= 0.6 is 15.9 Å². The van der Waals surface area contributed by atoms with E-state index >= 15 is 0 Å². The van der Waals surface area contributed by atoms with Gasteiger partial charge < -0.3 is 14.8 Å². The second-order valence-electron chi connectivity index (χ2n) is 6.71. The number of nitrogens with one attached hydrogen (secondary N) is 1. The molecule has 0 radical (unpaired) electrons. The molecule has 156 valence electrons. The number of ether oxygens (including phenoxy) is 2. The second-order valence-corrected chi connectivity index (χ2v) is 9.57. The second kappa shape index (κ2) is 9.15. The first-order chi connectivity index (χ1) is 13.8. The highest BCUT2D eigenvalue weighted by Crippen LogP contribution is 2.31. The number of piperidine rings is 1. The number of amides is 1. The molecule has 3 rings (SSSR count). The van der Waals surface area contributed by atoms with Gasteiger partial charge in [0.05, 0.1) is 30.7 Å². The summed E-state index contributed by atoms with van der Waals surface area (Å²) in [5, 5.41) is 2.85. The number of carbonyl (C=O) groups is 1. The summed E-state index contributed by atoms with van der Waals surface area (Å²) in [7, 11) is -0.594. The SMILES string of the molecule is COc1ccc(OC)c(NC(=O)[C@@H]2CCCN(S(=O)(=O)c3ccc(Br)cc3)C2)c1. The highest BCUT2D eigenvalue weighted by Gasteiger charge is 2.33.